The van der Waals surface area contributed by atoms with Crippen molar-refractivity contribution in [2.75, 3.05) is 6.54 Å². The number of aromatic amines is 1. The molecule has 3 N–H and O–H groups in total. The van der Waals surface area contributed by atoms with E-state index in [2.05, 4.69) is 10.3 Å². The SMILES string of the molecule is O=C(O)CC1(CNC(=O)c2ccc[nH]c2=O)CCC1. The number of pyridine rings is 1. The second-order valence-electron chi connectivity index (χ2n) is 5.02. The maximum absolute atomic E-state index is 11.9. The van der Waals surface area contributed by atoms with Crippen LogP contribution in [0, 0.1) is 5.41 Å². The summed E-state index contributed by atoms with van der Waals surface area (Å²) in [7, 11) is 0. The molecule has 1 aromatic rings. The lowest BCUT2D eigenvalue weighted by Crippen LogP contribution is -2.44. The highest BCUT2D eigenvalue weighted by Gasteiger charge is 2.39. The molecule has 0 atom stereocenters. The average Bonchev–Trinajstić information content (AvgIpc) is 2.32. The van der Waals surface area contributed by atoms with Crippen LogP contribution in [0.5, 0.6) is 0 Å². The Morgan fingerprint density at radius 1 is 1.42 bits per heavy atom. The Kier molecular flexibility index (Phi) is 3.69. The van der Waals surface area contributed by atoms with Gasteiger partial charge in [0, 0.05) is 12.7 Å². The van der Waals surface area contributed by atoms with Crippen LogP contribution in [0.4, 0.5) is 0 Å². The highest BCUT2D eigenvalue weighted by atomic mass is 16.4. The fraction of sp³-hybridized carbons (Fsp3) is 0.462. The molecule has 19 heavy (non-hydrogen) atoms. The summed E-state index contributed by atoms with van der Waals surface area (Å²) >= 11 is 0. The van der Waals surface area contributed by atoms with Crippen molar-refractivity contribution in [3.8, 4) is 0 Å². The van der Waals surface area contributed by atoms with E-state index in [1.165, 1.54) is 12.3 Å². The normalized spacial score (nSPS) is 16.4. The number of carbonyl (C=O) groups is 2. The van der Waals surface area contributed by atoms with Gasteiger partial charge in [0.25, 0.3) is 11.5 Å². The largest absolute Gasteiger partial charge is 0.481 e. The Bertz CT molecular complexity index is 546. The van der Waals surface area contributed by atoms with Gasteiger partial charge < -0.3 is 15.4 Å². The standard InChI is InChI=1S/C13H16N2O4/c16-10(17)7-13(4-2-5-13)8-15-12(19)9-3-1-6-14-11(9)18/h1,3,6H,2,4-5,7-8H2,(H,14,18)(H,15,19)(H,16,17). The van der Waals surface area contributed by atoms with Gasteiger partial charge in [0.1, 0.15) is 5.56 Å². The van der Waals surface area contributed by atoms with Crippen LogP contribution in [0.25, 0.3) is 0 Å². The zero-order chi connectivity index (χ0) is 13.9. The number of aliphatic carboxylic acids is 1. The van der Waals surface area contributed by atoms with E-state index in [-0.39, 0.29) is 17.4 Å². The van der Waals surface area contributed by atoms with Crippen molar-refractivity contribution in [1.82, 2.24) is 10.3 Å². The summed E-state index contributed by atoms with van der Waals surface area (Å²) in [5.41, 5.74) is -0.739. The van der Waals surface area contributed by atoms with Gasteiger partial charge in [-0.2, -0.15) is 0 Å². The number of carboxylic acids is 1. The Hall–Kier alpha value is -2.11. The van der Waals surface area contributed by atoms with Gasteiger partial charge in [0.15, 0.2) is 0 Å². The maximum atomic E-state index is 11.9. The maximum Gasteiger partial charge on any atom is 0.303 e. The molecule has 1 amide bonds. The van der Waals surface area contributed by atoms with Gasteiger partial charge in [-0.05, 0) is 30.4 Å². The molecule has 0 radical (unpaired) electrons. The van der Waals surface area contributed by atoms with Gasteiger partial charge in [-0.25, -0.2) is 0 Å². The molecule has 1 fully saturated rings. The van der Waals surface area contributed by atoms with E-state index >= 15 is 0 Å². The Balaban J connectivity index is 1.99. The zero-order valence-electron chi connectivity index (χ0n) is 10.4. The van der Waals surface area contributed by atoms with Crippen LogP contribution in [-0.2, 0) is 4.79 Å². The first kappa shape index (κ1) is 13.3. The van der Waals surface area contributed by atoms with E-state index in [4.69, 9.17) is 5.11 Å². The number of nitrogens with one attached hydrogen (secondary N) is 2. The van der Waals surface area contributed by atoms with Crippen LogP contribution >= 0.6 is 0 Å². The molecule has 6 nitrogen and oxygen atoms in total. The van der Waals surface area contributed by atoms with E-state index in [1.54, 1.807) is 6.07 Å². The fourth-order valence-corrected chi connectivity index (χ4v) is 2.38. The van der Waals surface area contributed by atoms with Crippen molar-refractivity contribution in [3.63, 3.8) is 0 Å². The fourth-order valence-electron chi connectivity index (χ4n) is 2.38. The molecule has 0 aliphatic heterocycles. The van der Waals surface area contributed by atoms with Crippen LogP contribution < -0.4 is 10.9 Å². The van der Waals surface area contributed by atoms with Crippen LogP contribution in [0.2, 0.25) is 0 Å². The minimum atomic E-state index is -0.855. The lowest BCUT2D eigenvalue weighted by Gasteiger charge is -2.40. The summed E-state index contributed by atoms with van der Waals surface area (Å²) in [6.07, 6.45) is 4.08. The number of rotatable bonds is 5. The third-order valence-corrected chi connectivity index (χ3v) is 3.63. The molecular weight excluding hydrogens is 248 g/mol. The van der Waals surface area contributed by atoms with Crippen molar-refractivity contribution < 1.29 is 14.7 Å². The zero-order valence-corrected chi connectivity index (χ0v) is 10.4. The number of hydrogen-bond acceptors (Lipinski definition) is 3. The van der Waals surface area contributed by atoms with E-state index in [1.807, 2.05) is 0 Å². The van der Waals surface area contributed by atoms with Gasteiger partial charge in [-0.3, -0.25) is 14.4 Å². The number of hydrogen-bond donors (Lipinski definition) is 3. The molecule has 1 heterocycles. The van der Waals surface area contributed by atoms with E-state index < -0.39 is 17.4 Å². The predicted molar refractivity (Wildman–Crippen MR) is 67.9 cm³/mol. The topological polar surface area (TPSA) is 99.3 Å². The quantitative estimate of drug-likeness (QED) is 0.730. The van der Waals surface area contributed by atoms with Crippen LogP contribution in [-0.4, -0.2) is 28.5 Å². The van der Waals surface area contributed by atoms with E-state index in [0.29, 0.717) is 6.54 Å². The molecule has 102 valence electrons. The smallest absolute Gasteiger partial charge is 0.303 e. The number of carbonyl (C=O) groups excluding carboxylic acids is 1. The average molecular weight is 264 g/mol. The second-order valence-corrected chi connectivity index (χ2v) is 5.02. The molecule has 2 rings (SSSR count). The number of amides is 1. The summed E-state index contributed by atoms with van der Waals surface area (Å²) < 4.78 is 0. The Morgan fingerprint density at radius 2 is 2.16 bits per heavy atom. The summed E-state index contributed by atoms with van der Waals surface area (Å²) in [6, 6.07) is 3.02. The van der Waals surface area contributed by atoms with Gasteiger partial charge >= 0.3 is 5.97 Å². The third kappa shape index (κ3) is 3.01. The third-order valence-electron chi connectivity index (χ3n) is 3.63. The summed E-state index contributed by atoms with van der Waals surface area (Å²) in [5.74, 6) is -1.31. The lowest BCUT2D eigenvalue weighted by molar-refractivity contribution is -0.141. The lowest BCUT2D eigenvalue weighted by atomic mass is 9.66. The van der Waals surface area contributed by atoms with Gasteiger partial charge in [0.2, 0.25) is 0 Å². The molecule has 0 spiro atoms. The highest BCUT2D eigenvalue weighted by Crippen LogP contribution is 2.43. The Morgan fingerprint density at radius 3 is 2.68 bits per heavy atom. The van der Waals surface area contributed by atoms with Crippen molar-refractivity contribution in [2.24, 2.45) is 5.41 Å². The first-order chi connectivity index (χ1) is 9.02. The van der Waals surface area contributed by atoms with Gasteiger partial charge in [-0.15, -0.1) is 0 Å². The summed E-state index contributed by atoms with van der Waals surface area (Å²) in [6.45, 7) is 0.298. The van der Waals surface area contributed by atoms with Crippen LogP contribution in [0.15, 0.2) is 23.1 Å². The molecule has 1 aliphatic carbocycles. The highest BCUT2D eigenvalue weighted by molar-refractivity contribution is 5.93. The molecule has 1 aliphatic rings. The number of carboxylic acid groups (broad SMARTS) is 1. The molecule has 0 saturated heterocycles. The first-order valence-electron chi connectivity index (χ1n) is 6.20. The summed E-state index contributed by atoms with van der Waals surface area (Å²) in [4.78, 5) is 36.5. The molecule has 0 unspecified atom stereocenters. The van der Waals surface area contributed by atoms with Crippen molar-refractivity contribution in [1.29, 1.82) is 0 Å². The van der Waals surface area contributed by atoms with Crippen LogP contribution in [0.1, 0.15) is 36.0 Å². The minimum absolute atomic E-state index is 0.0484. The van der Waals surface area contributed by atoms with Crippen molar-refractivity contribution in [3.05, 3.63) is 34.2 Å². The minimum Gasteiger partial charge on any atom is -0.481 e. The molecular formula is C13H16N2O4. The Labute approximate surface area is 109 Å². The second kappa shape index (κ2) is 5.26. The predicted octanol–water partition coefficient (Wildman–Crippen LogP) is 0.750. The molecule has 6 heteroatoms. The van der Waals surface area contributed by atoms with Crippen molar-refractivity contribution in [2.45, 2.75) is 25.7 Å². The van der Waals surface area contributed by atoms with Crippen molar-refractivity contribution >= 4 is 11.9 Å². The number of H-pyrrole nitrogens is 1. The van der Waals surface area contributed by atoms with E-state index in [0.717, 1.165) is 19.3 Å². The first-order valence-corrected chi connectivity index (χ1v) is 6.20. The van der Waals surface area contributed by atoms with E-state index in [9.17, 15) is 14.4 Å². The van der Waals surface area contributed by atoms with Crippen LogP contribution in [0.3, 0.4) is 0 Å². The number of aromatic nitrogens is 1. The molecule has 0 bridgehead atoms. The van der Waals surface area contributed by atoms with Gasteiger partial charge in [-0.1, -0.05) is 6.42 Å². The molecule has 1 saturated carbocycles. The summed E-state index contributed by atoms with van der Waals surface area (Å²) in [5, 5.41) is 11.5. The van der Waals surface area contributed by atoms with Gasteiger partial charge in [0.05, 0.1) is 6.42 Å². The monoisotopic (exact) mass is 264 g/mol. The molecule has 0 aromatic carbocycles. The molecule has 1 aromatic heterocycles.